The molecule has 1 heterocycles. The van der Waals surface area contributed by atoms with Gasteiger partial charge in [-0.25, -0.2) is 8.78 Å². The van der Waals surface area contributed by atoms with E-state index in [9.17, 15) is 8.78 Å². The van der Waals surface area contributed by atoms with Gasteiger partial charge in [0.2, 0.25) is 0 Å². The van der Waals surface area contributed by atoms with Crippen molar-refractivity contribution in [1.29, 1.82) is 0 Å². The van der Waals surface area contributed by atoms with Crippen molar-refractivity contribution in [2.24, 2.45) is 0 Å². The first-order valence-corrected chi connectivity index (χ1v) is 6.51. The van der Waals surface area contributed by atoms with Gasteiger partial charge in [-0.2, -0.15) is 0 Å². The molecule has 0 aliphatic carbocycles. The van der Waals surface area contributed by atoms with Crippen molar-refractivity contribution < 1.29 is 8.78 Å². The predicted molar refractivity (Wildman–Crippen MR) is 71.8 cm³/mol. The van der Waals surface area contributed by atoms with Crippen molar-refractivity contribution >= 4 is 22.7 Å². The summed E-state index contributed by atoms with van der Waals surface area (Å²) in [6.07, 6.45) is 0. The maximum atomic E-state index is 13.3. The Hall–Kier alpha value is -1.62. The monoisotopic (exact) mass is 268 g/mol. The molecule has 0 amide bonds. The third-order valence-electron chi connectivity index (χ3n) is 2.72. The summed E-state index contributed by atoms with van der Waals surface area (Å²) in [5.41, 5.74) is 6.54. The van der Waals surface area contributed by atoms with Crippen LogP contribution in [0.5, 0.6) is 0 Å². The molecule has 0 fully saturated rings. The smallest absolute Gasteiger partial charge is 0.161 e. The van der Waals surface area contributed by atoms with Crippen LogP contribution >= 0.6 is 11.3 Å². The molecule has 1 aromatic heterocycles. The number of nitrogen functional groups attached to an aromatic ring is 1. The molecule has 2 aromatic rings. The fourth-order valence-electron chi connectivity index (χ4n) is 1.78. The Labute approximate surface area is 109 Å². The zero-order chi connectivity index (χ0) is 13.1. The lowest BCUT2D eigenvalue weighted by molar-refractivity contribution is 0.509. The van der Waals surface area contributed by atoms with E-state index in [4.69, 9.17) is 5.73 Å². The minimum absolute atomic E-state index is 0.257. The lowest BCUT2D eigenvalue weighted by Gasteiger charge is -2.24. The Morgan fingerprint density at radius 1 is 1.28 bits per heavy atom. The van der Waals surface area contributed by atoms with Crippen molar-refractivity contribution in [2.45, 2.75) is 13.5 Å². The molecule has 96 valence electrons. The van der Waals surface area contributed by atoms with Gasteiger partial charge in [0.05, 0.1) is 17.9 Å². The molecule has 0 radical (unpaired) electrons. The molecule has 2 nitrogen and oxygen atoms in total. The third-order valence-corrected chi connectivity index (χ3v) is 3.58. The summed E-state index contributed by atoms with van der Waals surface area (Å²) in [5, 5.41) is 1.98. The van der Waals surface area contributed by atoms with Gasteiger partial charge >= 0.3 is 0 Å². The second-order valence-corrected chi connectivity index (χ2v) is 4.95. The van der Waals surface area contributed by atoms with Crippen LogP contribution in [0.15, 0.2) is 29.6 Å². The standard InChI is InChI=1S/C13H14F2N2S/c1-2-17(8-9-4-3-5-18-9)13-7-11(15)10(14)6-12(13)16/h3-7H,2,8,16H2,1H3. The summed E-state index contributed by atoms with van der Waals surface area (Å²) in [4.78, 5) is 3.07. The highest BCUT2D eigenvalue weighted by Gasteiger charge is 2.13. The molecule has 0 bridgehead atoms. The van der Waals surface area contributed by atoms with E-state index < -0.39 is 11.6 Å². The first kappa shape index (κ1) is 12.8. The van der Waals surface area contributed by atoms with Gasteiger partial charge in [0.15, 0.2) is 11.6 Å². The highest BCUT2D eigenvalue weighted by atomic mass is 32.1. The Balaban J connectivity index is 2.30. The first-order chi connectivity index (χ1) is 8.61. The van der Waals surface area contributed by atoms with Gasteiger partial charge in [0.25, 0.3) is 0 Å². The van der Waals surface area contributed by atoms with Gasteiger partial charge in [-0.05, 0) is 18.4 Å². The summed E-state index contributed by atoms with van der Waals surface area (Å²) in [5.74, 6) is -1.78. The third kappa shape index (κ3) is 2.61. The Bertz CT molecular complexity index is 526. The fourth-order valence-corrected chi connectivity index (χ4v) is 2.50. The molecule has 2 N–H and O–H groups in total. The molecule has 0 spiro atoms. The number of nitrogens with zero attached hydrogens (tertiary/aromatic N) is 1. The maximum absolute atomic E-state index is 13.3. The summed E-state index contributed by atoms with van der Waals surface area (Å²) >= 11 is 1.62. The molecule has 5 heteroatoms. The van der Waals surface area contributed by atoms with Crippen LogP contribution in [-0.2, 0) is 6.54 Å². The van der Waals surface area contributed by atoms with Crippen LogP contribution in [0.2, 0.25) is 0 Å². The van der Waals surface area contributed by atoms with Gasteiger partial charge in [0, 0.05) is 23.6 Å². The SMILES string of the molecule is CCN(Cc1cccs1)c1cc(F)c(F)cc1N. The van der Waals surface area contributed by atoms with Crippen LogP contribution in [0.3, 0.4) is 0 Å². The Morgan fingerprint density at radius 3 is 2.61 bits per heavy atom. The molecule has 0 unspecified atom stereocenters. The van der Waals surface area contributed by atoms with E-state index in [1.165, 1.54) is 0 Å². The van der Waals surface area contributed by atoms with E-state index in [2.05, 4.69) is 0 Å². The second kappa shape index (κ2) is 5.35. The molecule has 1 aromatic carbocycles. The highest BCUT2D eigenvalue weighted by molar-refractivity contribution is 7.09. The van der Waals surface area contributed by atoms with Crippen molar-refractivity contribution in [2.75, 3.05) is 17.2 Å². The second-order valence-electron chi connectivity index (χ2n) is 3.92. The van der Waals surface area contributed by atoms with E-state index in [1.54, 1.807) is 11.3 Å². The zero-order valence-electron chi connectivity index (χ0n) is 9.99. The van der Waals surface area contributed by atoms with Crippen LogP contribution in [0.25, 0.3) is 0 Å². The lowest BCUT2D eigenvalue weighted by atomic mass is 10.2. The molecule has 0 atom stereocenters. The molecular weight excluding hydrogens is 254 g/mol. The van der Waals surface area contributed by atoms with E-state index in [-0.39, 0.29) is 5.69 Å². The number of thiophene rings is 1. The van der Waals surface area contributed by atoms with Gasteiger partial charge in [-0.1, -0.05) is 6.07 Å². The summed E-state index contributed by atoms with van der Waals surface area (Å²) in [7, 11) is 0. The Kier molecular flexibility index (Phi) is 3.81. The van der Waals surface area contributed by atoms with Crippen molar-refractivity contribution in [1.82, 2.24) is 0 Å². The molecule has 18 heavy (non-hydrogen) atoms. The largest absolute Gasteiger partial charge is 0.397 e. The number of benzene rings is 1. The van der Waals surface area contributed by atoms with Crippen LogP contribution in [0.1, 0.15) is 11.8 Å². The fraction of sp³-hybridized carbons (Fsp3) is 0.231. The summed E-state index contributed by atoms with van der Waals surface area (Å²) in [6.45, 7) is 3.27. The van der Waals surface area contributed by atoms with Gasteiger partial charge in [-0.15, -0.1) is 11.3 Å². The van der Waals surface area contributed by atoms with Crippen molar-refractivity contribution in [3.05, 3.63) is 46.2 Å². The van der Waals surface area contributed by atoms with Gasteiger partial charge < -0.3 is 10.6 Å². The molecule has 0 saturated heterocycles. The number of rotatable bonds is 4. The maximum Gasteiger partial charge on any atom is 0.161 e. The minimum atomic E-state index is -0.913. The van der Waals surface area contributed by atoms with E-state index in [0.717, 1.165) is 17.0 Å². The van der Waals surface area contributed by atoms with Crippen LogP contribution < -0.4 is 10.6 Å². The average molecular weight is 268 g/mol. The van der Waals surface area contributed by atoms with Crippen LogP contribution in [-0.4, -0.2) is 6.54 Å². The molecule has 0 saturated carbocycles. The topological polar surface area (TPSA) is 29.3 Å². The highest BCUT2D eigenvalue weighted by Crippen LogP contribution is 2.28. The van der Waals surface area contributed by atoms with Gasteiger partial charge in [-0.3, -0.25) is 0 Å². The number of anilines is 2. The predicted octanol–water partition coefficient (Wildman–Crippen LogP) is 3.64. The quantitative estimate of drug-likeness (QED) is 0.858. The molecular formula is C13H14F2N2S. The zero-order valence-corrected chi connectivity index (χ0v) is 10.8. The number of hydrogen-bond acceptors (Lipinski definition) is 3. The van der Waals surface area contributed by atoms with Crippen molar-refractivity contribution in [3.8, 4) is 0 Å². The summed E-state index contributed by atoms with van der Waals surface area (Å²) in [6, 6.07) is 6.15. The molecule has 2 rings (SSSR count). The Morgan fingerprint density at radius 2 is 2.00 bits per heavy atom. The van der Waals surface area contributed by atoms with Crippen LogP contribution in [0.4, 0.5) is 20.2 Å². The van der Waals surface area contributed by atoms with E-state index in [0.29, 0.717) is 18.8 Å². The van der Waals surface area contributed by atoms with Crippen molar-refractivity contribution in [3.63, 3.8) is 0 Å². The normalized spacial score (nSPS) is 10.6. The molecule has 0 aliphatic heterocycles. The van der Waals surface area contributed by atoms with E-state index in [1.807, 2.05) is 29.3 Å². The lowest BCUT2D eigenvalue weighted by Crippen LogP contribution is -2.22. The number of hydrogen-bond donors (Lipinski definition) is 1. The van der Waals surface area contributed by atoms with Crippen LogP contribution in [0, 0.1) is 11.6 Å². The van der Waals surface area contributed by atoms with Gasteiger partial charge in [0.1, 0.15) is 0 Å². The first-order valence-electron chi connectivity index (χ1n) is 5.63. The summed E-state index contributed by atoms with van der Waals surface area (Å²) < 4.78 is 26.3. The van der Waals surface area contributed by atoms with E-state index >= 15 is 0 Å². The number of halogens is 2. The number of nitrogens with two attached hydrogens (primary N) is 1. The minimum Gasteiger partial charge on any atom is -0.397 e. The average Bonchev–Trinajstić information content (AvgIpc) is 2.84. The molecule has 0 aliphatic rings.